The maximum atomic E-state index is 4.63. The van der Waals surface area contributed by atoms with Crippen molar-refractivity contribution in [2.45, 2.75) is 19.5 Å². The van der Waals surface area contributed by atoms with Crippen LogP contribution in [0.3, 0.4) is 0 Å². The molecule has 0 unspecified atom stereocenters. The molecule has 1 heterocycles. The van der Waals surface area contributed by atoms with Crippen LogP contribution in [-0.4, -0.2) is 35.0 Å². The van der Waals surface area contributed by atoms with Crippen molar-refractivity contribution in [3.8, 4) is 0 Å². The number of hydrogen-bond donors (Lipinski definition) is 1. The van der Waals surface area contributed by atoms with Crippen molar-refractivity contribution in [1.29, 1.82) is 0 Å². The minimum atomic E-state index is 0.764. The van der Waals surface area contributed by atoms with Gasteiger partial charge in [0.25, 0.3) is 0 Å². The van der Waals surface area contributed by atoms with Gasteiger partial charge in [0.2, 0.25) is 0 Å². The fourth-order valence-electron chi connectivity index (χ4n) is 2.75. The Labute approximate surface area is 143 Å². The summed E-state index contributed by atoms with van der Waals surface area (Å²) in [6, 6.07) is 18.6. The van der Waals surface area contributed by atoms with E-state index in [-0.39, 0.29) is 0 Å². The molecule has 0 aliphatic carbocycles. The van der Waals surface area contributed by atoms with Gasteiger partial charge in [-0.1, -0.05) is 42.5 Å². The molecule has 2 aromatic carbocycles. The highest BCUT2D eigenvalue weighted by molar-refractivity contribution is 5.73. The number of nitrogens with one attached hydrogen (secondary N) is 1. The van der Waals surface area contributed by atoms with Crippen LogP contribution in [-0.2, 0) is 13.1 Å². The summed E-state index contributed by atoms with van der Waals surface area (Å²) in [5.41, 5.74) is 4.26. The summed E-state index contributed by atoms with van der Waals surface area (Å²) in [5, 5.41) is 3.46. The first-order valence-electron chi connectivity index (χ1n) is 8.45. The van der Waals surface area contributed by atoms with Gasteiger partial charge in [-0.15, -0.1) is 0 Å². The zero-order valence-corrected chi connectivity index (χ0v) is 14.2. The second-order valence-corrected chi connectivity index (χ2v) is 6.10. The van der Waals surface area contributed by atoms with Crippen LogP contribution in [0, 0.1) is 0 Å². The highest BCUT2D eigenvalue weighted by Gasteiger charge is 2.01. The molecule has 0 bridgehead atoms. The lowest BCUT2D eigenvalue weighted by Gasteiger charge is -2.16. The van der Waals surface area contributed by atoms with Gasteiger partial charge in [0.1, 0.15) is 0 Å². The molecular weight excluding hydrogens is 296 g/mol. The molecule has 0 aliphatic heterocycles. The van der Waals surface area contributed by atoms with E-state index >= 15 is 0 Å². The quantitative estimate of drug-likeness (QED) is 0.647. The topological polar surface area (TPSA) is 41.0 Å². The number of nitrogens with zero attached hydrogens (tertiary/aromatic N) is 3. The number of fused-ring (bicyclic) bond motifs is 1. The van der Waals surface area contributed by atoms with Crippen LogP contribution in [0.5, 0.6) is 0 Å². The molecule has 1 N–H and O–H groups in total. The monoisotopic (exact) mass is 320 g/mol. The third kappa shape index (κ3) is 4.85. The highest BCUT2D eigenvalue weighted by Crippen LogP contribution is 2.08. The van der Waals surface area contributed by atoms with Crippen LogP contribution < -0.4 is 5.32 Å². The first-order chi connectivity index (χ1) is 11.8. The fraction of sp³-hybridized carbons (Fsp3) is 0.300. The van der Waals surface area contributed by atoms with Gasteiger partial charge in [0.05, 0.1) is 22.9 Å². The van der Waals surface area contributed by atoms with Crippen molar-refractivity contribution in [3.63, 3.8) is 0 Å². The molecule has 0 spiro atoms. The van der Waals surface area contributed by atoms with E-state index in [4.69, 9.17) is 0 Å². The molecule has 0 saturated carbocycles. The van der Waals surface area contributed by atoms with E-state index in [9.17, 15) is 0 Å². The standard InChI is InChI=1S/C20H24N4/c1-24(16-17-8-3-2-4-9-17)13-7-12-21-14-18-15-22-19-10-5-6-11-20(19)23-18/h2-6,8-11,15,21H,7,12-14,16H2,1H3. The summed E-state index contributed by atoms with van der Waals surface area (Å²) in [6.45, 7) is 3.82. The number of aromatic nitrogens is 2. The van der Waals surface area contributed by atoms with Crippen LogP contribution in [0.1, 0.15) is 17.7 Å². The maximum Gasteiger partial charge on any atom is 0.0890 e. The summed E-state index contributed by atoms with van der Waals surface area (Å²) >= 11 is 0. The van der Waals surface area contributed by atoms with Gasteiger partial charge < -0.3 is 10.2 Å². The molecule has 4 nitrogen and oxygen atoms in total. The number of para-hydroxylation sites is 2. The van der Waals surface area contributed by atoms with Crippen LogP contribution in [0.15, 0.2) is 60.8 Å². The molecule has 0 saturated heterocycles. The van der Waals surface area contributed by atoms with E-state index < -0.39 is 0 Å². The van der Waals surface area contributed by atoms with Gasteiger partial charge in [0, 0.05) is 13.1 Å². The van der Waals surface area contributed by atoms with Crippen molar-refractivity contribution >= 4 is 11.0 Å². The van der Waals surface area contributed by atoms with Crippen LogP contribution >= 0.6 is 0 Å². The van der Waals surface area contributed by atoms with Gasteiger partial charge in [-0.2, -0.15) is 0 Å². The van der Waals surface area contributed by atoms with Gasteiger partial charge in [0.15, 0.2) is 0 Å². The van der Waals surface area contributed by atoms with Crippen LogP contribution in [0.25, 0.3) is 11.0 Å². The normalized spacial score (nSPS) is 11.2. The molecule has 0 aliphatic rings. The Hall–Kier alpha value is -2.30. The molecule has 0 fully saturated rings. The molecule has 0 radical (unpaired) electrons. The molecule has 124 valence electrons. The Balaban J connectivity index is 1.37. The van der Waals surface area contributed by atoms with E-state index in [0.29, 0.717) is 0 Å². The summed E-state index contributed by atoms with van der Waals surface area (Å²) < 4.78 is 0. The van der Waals surface area contributed by atoms with Crippen molar-refractivity contribution in [2.24, 2.45) is 0 Å². The molecule has 24 heavy (non-hydrogen) atoms. The van der Waals surface area contributed by atoms with E-state index in [1.54, 1.807) is 0 Å². The lowest BCUT2D eigenvalue weighted by atomic mass is 10.2. The minimum absolute atomic E-state index is 0.764. The first-order valence-corrected chi connectivity index (χ1v) is 8.45. The molecule has 3 aromatic rings. The molecule has 3 rings (SSSR count). The van der Waals surface area contributed by atoms with E-state index in [0.717, 1.165) is 49.3 Å². The third-order valence-corrected chi connectivity index (χ3v) is 3.99. The number of benzene rings is 2. The van der Waals surface area contributed by atoms with Crippen molar-refractivity contribution in [3.05, 3.63) is 72.1 Å². The van der Waals surface area contributed by atoms with E-state index in [2.05, 4.69) is 57.6 Å². The van der Waals surface area contributed by atoms with Crippen molar-refractivity contribution in [1.82, 2.24) is 20.2 Å². The Morgan fingerprint density at radius 3 is 2.54 bits per heavy atom. The van der Waals surface area contributed by atoms with Gasteiger partial charge >= 0.3 is 0 Å². The zero-order valence-electron chi connectivity index (χ0n) is 14.2. The largest absolute Gasteiger partial charge is 0.311 e. The lowest BCUT2D eigenvalue weighted by molar-refractivity contribution is 0.319. The summed E-state index contributed by atoms with van der Waals surface area (Å²) in [5.74, 6) is 0. The lowest BCUT2D eigenvalue weighted by Crippen LogP contribution is -2.24. The summed E-state index contributed by atoms with van der Waals surface area (Å²) in [6.07, 6.45) is 2.97. The molecule has 0 atom stereocenters. The van der Waals surface area contributed by atoms with Crippen LogP contribution in [0.4, 0.5) is 0 Å². The minimum Gasteiger partial charge on any atom is -0.311 e. The second kappa shape index (κ2) is 8.52. The molecule has 1 aromatic heterocycles. The predicted molar refractivity (Wildman–Crippen MR) is 98.6 cm³/mol. The number of rotatable bonds is 8. The summed E-state index contributed by atoms with van der Waals surface area (Å²) in [7, 11) is 2.17. The predicted octanol–water partition coefficient (Wildman–Crippen LogP) is 3.24. The van der Waals surface area contributed by atoms with Crippen LogP contribution in [0.2, 0.25) is 0 Å². The summed E-state index contributed by atoms with van der Waals surface area (Å²) in [4.78, 5) is 11.4. The second-order valence-electron chi connectivity index (χ2n) is 6.10. The first kappa shape index (κ1) is 16.6. The Morgan fingerprint density at radius 2 is 1.71 bits per heavy atom. The Morgan fingerprint density at radius 1 is 0.958 bits per heavy atom. The average molecular weight is 320 g/mol. The zero-order chi connectivity index (χ0) is 16.6. The van der Waals surface area contributed by atoms with Crippen molar-refractivity contribution < 1.29 is 0 Å². The maximum absolute atomic E-state index is 4.63. The Kier molecular flexibility index (Phi) is 5.88. The molecular formula is C20H24N4. The van der Waals surface area contributed by atoms with E-state index in [1.165, 1.54) is 5.56 Å². The average Bonchev–Trinajstić information content (AvgIpc) is 2.62. The SMILES string of the molecule is CN(CCCNCc1cnc2ccccc2n1)Cc1ccccc1. The third-order valence-electron chi connectivity index (χ3n) is 3.99. The van der Waals surface area contributed by atoms with Gasteiger partial charge in [-0.05, 0) is 44.3 Å². The van der Waals surface area contributed by atoms with Gasteiger partial charge in [-0.25, -0.2) is 4.98 Å². The number of hydrogen-bond acceptors (Lipinski definition) is 4. The molecule has 0 amide bonds. The smallest absolute Gasteiger partial charge is 0.0890 e. The highest BCUT2D eigenvalue weighted by atomic mass is 15.1. The van der Waals surface area contributed by atoms with Crippen molar-refractivity contribution in [2.75, 3.05) is 20.1 Å². The van der Waals surface area contributed by atoms with Gasteiger partial charge in [-0.3, -0.25) is 4.98 Å². The fourth-order valence-corrected chi connectivity index (χ4v) is 2.75. The Bertz CT molecular complexity index is 758. The van der Waals surface area contributed by atoms with E-state index in [1.807, 2.05) is 30.5 Å². The molecule has 4 heteroatoms.